The smallest absolute Gasteiger partial charge is 0.407 e. The van der Waals surface area contributed by atoms with Crippen molar-refractivity contribution in [3.8, 4) is 23.0 Å². The Balaban J connectivity index is 1.29. The first-order valence-electron chi connectivity index (χ1n) is 9.76. The summed E-state index contributed by atoms with van der Waals surface area (Å²) in [6.07, 6.45) is 0.112. The van der Waals surface area contributed by atoms with Crippen LogP contribution in [0.25, 0.3) is 11.1 Å². The number of nitrogens with one attached hydrogen (secondary N) is 1. The predicted molar refractivity (Wildman–Crippen MR) is 123 cm³/mol. The molecule has 0 aromatic heterocycles. The molecule has 0 spiro atoms. The molecule has 1 aliphatic carbocycles. The number of amides is 1. The highest BCUT2D eigenvalue weighted by Gasteiger charge is 2.28. The van der Waals surface area contributed by atoms with Gasteiger partial charge in [-0.2, -0.15) is 0 Å². The topological polar surface area (TPSA) is 64.3 Å². The first-order chi connectivity index (χ1) is 14.6. The number of carbonyl (C=O) groups excluding carboxylic acids is 1. The van der Waals surface area contributed by atoms with Crippen LogP contribution in [0.5, 0.6) is 0 Å². The lowest BCUT2D eigenvalue weighted by molar-refractivity contribution is 0.143. The summed E-state index contributed by atoms with van der Waals surface area (Å²) < 4.78 is 6.34. The molecular weight excluding hydrogens is 440 g/mol. The summed E-state index contributed by atoms with van der Waals surface area (Å²) in [5, 5.41) is 2.77. The molecule has 0 unspecified atom stereocenters. The third-order valence-electron chi connectivity index (χ3n) is 5.10. The maximum Gasteiger partial charge on any atom is 0.407 e. The fraction of sp³-hybridized carbons (Fsp3) is 0.160. The van der Waals surface area contributed by atoms with Crippen molar-refractivity contribution >= 4 is 27.7 Å². The van der Waals surface area contributed by atoms with Crippen LogP contribution in [-0.2, 0) is 4.74 Å². The second-order valence-electron chi connectivity index (χ2n) is 7.04. The van der Waals surface area contributed by atoms with E-state index >= 15 is 0 Å². The van der Waals surface area contributed by atoms with Gasteiger partial charge in [0.15, 0.2) is 0 Å². The van der Waals surface area contributed by atoms with Crippen molar-refractivity contribution in [2.45, 2.75) is 12.3 Å². The highest BCUT2D eigenvalue weighted by Crippen LogP contribution is 2.44. The molecule has 0 bridgehead atoms. The number of rotatable bonds is 4. The zero-order chi connectivity index (χ0) is 20.9. The maximum absolute atomic E-state index is 12.1. The van der Waals surface area contributed by atoms with Crippen molar-refractivity contribution in [3.63, 3.8) is 0 Å². The highest BCUT2D eigenvalue weighted by molar-refractivity contribution is 9.10. The lowest BCUT2D eigenvalue weighted by Crippen LogP contribution is -2.26. The number of ether oxygens (including phenoxy) is 1. The van der Waals surface area contributed by atoms with E-state index in [0.717, 1.165) is 10.0 Å². The molecule has 0 saturated heterocycles. The minimum absolute atomic E-state index is 0.0619. The van der Waals surface area contributed by atoms with Gasteiger partial charge in [0.25, 0.3) is 0 Å². The summed E-state index contributed by atoms with van der Waals surface area (Å²) >= 11 is 3.39. The van der Waals surface area contributed by atoms with Crippen LogP contribution in [-0.4, -0.2) is 19.2 Å². The third kappa shape index (κ3) is 4.34. The van der Waals surface area contributed by atoms with Crippen LogP contribution >= 0.6 is 15.9 Å². The van der Waals surface area contributed by atoms with Crippen LogP contribution in [0.1, 0.15) is 29.0 Å². The van der Waals surface area contributed by atoms with Crippen molar-refractivity contribution in [2.75, 3.05) is 18.9 Å². The number of carbonyl (C=O) groups is 1. The average molecular weight is 461 g/mol. The molecule has 1 aliphatic rings. The van der Waals surface area contributed by atoms with Crippen LogP contribution in [0.3, 0.4) is 0 Å². The molecule has 0 heterocycles. The minimum Gasteiger partial charge on any atom is -0.449 e. The van der Waals surface area contributed by atoms with Gasteiger partial charge >= 0.3 is 6.09 Å². The van der Waals surface area contributed by atoms with Crippen molar-refractivity contribution < 1.29 is 9.53 Å². The second-order valence-corrected chi connectivity index (χ2v) is 7.89. The van der Waals surface area contributed by atoms with E-state index in [-0.39, 0.29) is 5.92 Å². The van der Waals surface area contributed by atoms with Crippen molar-refractivity contribution in [1.29, 1.82) is 0 Å². The molecule has 5 heteroatoms. The number of fused-ring (bicyclic) bond motifs is 3. The molecule has 3 aromatic rings. The van der Waals surface area contributed by atoms with Crippen LogP contribution < -0.4 is 11.1 Å². The molecule has 3 aromatic carbocycles. The van der Waals surface area contributed by atoms with E-state index < -0.39 is 6.09 Å². The summed E-state index contributed by atoms with van der Waals surface area (Å²) in [6.45, 7) is 0.741. The molecule has 1 amide bonds. The van der Waals surface area contributed by atoms with Crippen LogP contribution in [0.4, 0.5) is 10.5 Å². The quantitative estimate of drug-likeness (QED) is 0.314. The minimum atomic E-state index is -0.422. The van der Waals surface area contributed by atoms with Crippen LogP contribution in [0.15, 0.2) is 71.2 Å². The molecule has 0 radical (unpaired) electrons. The van der Waals surface area contributed by atoms with Gasteiger partial charge in [0.2, 0.25) is 0 Å². The summed E-state index contributed by atoms with van der Waals surface area (Å²) in [4.78, 5) is 12.1. The van der Waals surface area contributed by atoms with E-state index in [0.29, 0.717) is 25.3 Å². The zero-order valence-electron chi connectivity index (χ0n) is 16.3. The Bertz CT molecular complexity index is 1100. The van der Waals surface area contributed by atoms with Crippen molar-refractivity contribution in [3.05, 3.63) is 87.9 Å². The Labute approximate surface area is 184 Å². The molecule has 30 heavy (non-hydrogen) atoms. The number of alkyl carbamates (subject to hydrolysis) is 1. The molecule has 3 N–H and O–H groups in total. The number of hydrogen-bond donors (Lipinski definition) is 2. The predicted octanol–water partition coefficient (Wildman–Crippen LogP) is 5.31. The van der Waals surface area contributed by atoms with Gasteiger partial charge in [-0.25, -0.2) is 4.79 Å². The average Bonchev–Trinajstić information content (AvgIpc) is 3.08. The van der Waals surface area contributed by atoms with E-state index in [1.807, 2.05) is 42.5 Å². The fourth-order valence-corrected chi connectivity index (χ4v) is 4.02. The number of nitrogen functional groups attached to an aromatic ring is 1. The number of halogens is 1. The van der Waals surface area contributed by atoms with E-state index in [1.54, 1.807) is 0 Å². The van der Waals surface area contributed by atoms with Crippen LogP contribution in [0, 0.1) is 11.8 Å². The lowest BCUT2D eigenvalue weighted by Gasteiger charge is -2.14. The molecule has 0 fully saturated rings. The Morgan fingerprint density at radius 2 is 1.70 bits per heavy atom. The molecule has 0 aliphatic heterocycles. The van der Waals surface area contributed by atoms with E-state index in [1.165, 1.54) is 22.3 Å². The highest BCUT2D eigenvalue weighted by atomic mass is 79.9. The van der Waals surface area contributed by atoms with E-state index in [2.05, 4.69) is 57.4 Å². The van der Waals surface area contributed by atoms with Gasteiger partial charge in [0, 0.05) is 34.6 Å². The summed E-state index contributed by atoms with van der Waals surface area (Å²) in [5.41, 5.74) is 12.2. The van der Waals surface area contributed by atoms with Gasteiger partial charge in [-0.15, -0.1) is 0 Å². The standard InChI is InChI=1S/C25H21BrN2O2/c26-23-15-17(12-13-24(23)27)7-5-6-14-28-25(29)30-16-22-20-10-3-1-8-18(20)19-9-2-4-11-21(19)22/h1-4,8-13,15,22H,6,14,16,27H2,(H,28,29). The molecule has 0 atom stereocenters. The number of anilines is 1. The van der Waals surface area contributed by atoms with Gasteiger partial charge < -0.3 is 15.8 Å². The van der Waals surface area contributed by atoms with Crippen molar-refractivity contribution in [1.82, 2.24) is 5.32 Å². The largest absolute Gasteiger partial charge is 0.449 e. The van der Waals surface area contributed by atoms with E-state index in [9.17, 15) is 4.79 Å². The normalized spacial score (nSPS) is 11.8. The van der Waals surface area contributed by atoms with Crippen LogP contribution in [0.2, 0.25) is 0 Å². The van der Waals surface area contributed by atoms with Gasteiger partial charge in [-0.1, -0.05) is 60.4 Å². The summed E-state index contributed by atoms with van der Waals surface area (Å²) in [7, 11) is 0. The van der Waals surface area contributed by atoms with Gasteiger partial charge in [0.05, 0.1) is 0 Å². The Morgan fingerprint density at radius 3 is 2.37 bits per heavy atom. The Hall–Kier alpha value is -3.23. The molecule has 4 nitrogen and oxygen atoms in total. The Morgan fingerprint density at radius 1 is 1.03 bits per heavy atom. The molecular formula is C25H21BrN2O2. The lowest BCUT2D eigenvalue weighted by atomic mass is 9.98. The van der Waals surface area contributed by atoms with Gasteiger partial charge in [-0.3, -0.25) is 0 Å². The Kier molecular flexibility index (Phi) is 6.06. The molecule has 0 saturated carbocycles. The first-order valence-corrected chi connectivity index (χ1v) is 10.6. The third-order valence-corrected chi connectivity index (χ3v) is 5.78. The van der Waals surface area contributed by atoms with Gasteiger partial charge in [-0.05, 0) is 56.4 Å². The SMILES string of the molecule is Nc1ccc(C#CCCNC(=O)OCC2c3ccccc3-c3ccccc32)cc1Br. The zero-order valence-corrected chi connectivity index (χ0v) is 17.9. The number of benzene rings is 3. The summed E-state index contributed by atoms with van der Waals surface area (Å²) in [6, 6.07) is 22.1. The second kappa shape index (κ2) is 9.06. The van der Waals surface area contributed by atoms with Gasteiger partial charge in [0.1, 0.15) is 6.61 Å². The maximum atomic E-state index is 12.1. The molecule has 4 rings (SSSR count). The monoisotopic (exact) mass is 460 g/mol. The number of hydrogen-bond acceptors (Lipinski definition) is 3. The fourth-order valence-electron chi connectivity index (χ4n) is 3.65. The molecule has 150 valence electrons. The summed E-state index contributed by atoms with van der Waals surface area (Å²) in [5.74, 6) is 6.16. The van der Waals surface area contributed by atoms with E-state index in [4.69, 9.17) is 10.5 Å². The first kappa shape index (κ1) is 20.1. The van der Waals surface area contributed by atoms with Crippen molar-refractivity contribution in [2.24, 2.45) is 0 Å². The number of nitrogens with two attached hydrogens (primary N) is 1.